The van der Waals surface area contributed by atoms with Crippen molar-refractivity contribution in [1.82, 2.24) is 9.88 Å². The first-order valence-corrected chi connectivity index (χ1v) is 7.79. The highest BCUT2D eigenvalue weighted by Gasteiger charge is 2.51. The largest absolute Gasteiger partial charge is 0.478 e. The summed E-state index contributed by atoms with van der Waals surface area (Å²) in [5.41, 5.74) is -0.215. The van der Waals surface area contributed by atoms with Gasteiger partial charge in [-0.15, -0.1) is 0 Å². The highest BCUT2D eigenvalue weighted by molar-refractivity contribution is 5.94. The molecule has 2 fully saturated rings. The van der Waals surface area contributed by atoms with Gasteiger partial charge in [-0.2, -0.15) is 0 Å². The minimum Gasteiger partial charge on any atom is -0.478 e. The van der Waals surface area contributed by atoms with Crippen LogP contribution < -0.4 is 4.90 Å². The number of carboxylic acid groups (broad SMARTS) is 1. The summed E-state index contributed by atoms with van der Waals surface area (Å²) in [5, 5.41) is 9.32. The van der Waals surface area contributed by atoms with Crippen LogP contribution in [0, 0.1) is 5.41 Å². The molecule has 1 aromatic rings. The summed E-state index contributed by atoms with van der Waals surface area (Å²) >= 11 is 0. The Morgan fingerprint density at radius 1 is 1.43 bits per heavy atom. The van der Waals surface area contributed by atoms with Crippen LogP contribution in [0.5, 0.6) is 0 Å². The summed E-state index contributed by atoms with van der Waals surface area (Å²) in [6.07, 6.45) is 3.14. The van der Waals surface area contributed by atoms with Crippen LogP contribution in [-0.2, 0) is 9.53 Å². The van der Waals surface area contributed by atoms with E-state index in [1.54, 1.807) is 25.4 Å². The quantitative estimate of drug-likeness (QED) is 0.866. The molecule has 0 saturated carbocycles. The number of nitrogens with zero attached hydrogens (tertiary/aromatic N) is 3. The molecule has 2 aliphatic heterocycles. The number of rotatable bonds is 5. The maximum Gasteiger partial charge on any atom is 0.339 e. The van der Waals surface area contributed by atoms with Gasteiger partial charge in [-0.05, 0) is 25.0 Å². The first-order chi connectivity index (χ1) is 11.1. The molecule has 2 aliphatic rings. The molecule has 3 rings (SSSR count). The van der Waals surface area contributed by atoms with Gasteiger partial charge in [0.2, 0.25) is 5.91 Å². The number of carbonyl (C=O) groups is 2. The lowest BCUT2D eigenvalue weighted by Gasteiger charge is -2.24. The van der Waals surface area contributed by atoms with Crippen LogP contribution in [0.3, 0.4) is 0 Å². The zero-order chi connectivity index (χ0) is 16.4. The maximum absolute atomic E-state index is 12.7. The van der Waals surface area contributed by atoms with Crippen molar-refractivity contribution >= 4 is 17.7 Å². The van der Waals surface area contributed by atoms with Crippen molar-refractivity contribution in [3.63, 3.8) is 0 Å². The predicted octanol–water partition coefficient (Wildman–Crippen LogP) is 0.855. The van der Waals surface area contributed by atoms with E-state index >= 15 is 0 Å². The van der Waals surface area contributed by atoms with Crippen molar-refractivity contribution < 1.29 is 19.4 Å². The molecule has 3 heterocycles. The lowest BCUT2D eigenvalue weighted by Crippen LogP contribution is -2.38. The molecule has 124 valence electrons. The van der Waals surface area contributed by atoms with E-state index in [4.69, 9.17) is 4.74 Å². The van der Waals surface area contributed by atoms with E-state index in [0.29, 0.717) is 32.1 Å². The van der Waals surface area contributed by atoms with E-state index in [2.05, 4.69) is 4.98 Å². The van der Waals surface area contributed by atoms with Gasteiger partial charge in [0.05, 0.1) is 12.0 Å². The molecule has 2 saturated heterocycles. The van der Waals surface area contributed by atoms with Crippen molar-refractivity contribution in [1.29, 1.82) is 0 Å². The second kappa shape index (κ2) is 6.16. The topological polar surface area (TPSA) is 83.0 Å². The summed E-state index contributed by atoms with van der Waals surface area (Å²) < 4.78 is 5.06. The van der Waals surface area contributed by atoms with Crippen LogP contribution in [0.1, 0.15) is 23.2 Å². The summed E-state index contributed by atoms with van der Waals surface area (Å²) in [7, 11) is 1.63. The third kappa shape index (κ3) is 2.76. The Hall–Kier alpha value is -2.15. The molecule has 1 N–H and O–H groups in total. The number of anilines is 1. The van der Waals surface area contributed by atoms with E-state index in [9.17, 15) is 14.7 Å². The molecule has 1 aromatic heterocycles. The Balaban J connectivity index is 1.77. The minimum absolute atomic E-state index is 0.157. The molecular weight excluding hydrogens is 298 g/mol. The third-order valence-electron chi connectivity index (χ3n) is 4.84. The standard InChI is InChI=1S/C16H21N3O4/c1-23-10-9-18-7-4-16(15(18)22)5-8-19(11-16)13-12(14(20)21)3-2-6-17-13/h2-3,6H,4-5,7-11H2,1H3,(H,20,21). The number of amides is 1. The van der Waals surface area contributed by atoms with Crippen LogP contribution in [0.4, 0.5) is 5.82 Å². The van der Waals surface area contributed by atoms with Crippen molar-refractivity contribution in [2.45, 2.75) is 12.8 Å². The molecule has 0 aliphatic carbocycles. The number of pyridine rings is 1. The Labute approximate surface area is 134 Å². The van der Waals surface area contributed by atoms with Gasteiger partial charge in [0.25, 0.3) is 0 Å². The summed E-state index contributed by atoms with van der Waals surface area (Å²) in [6, 6.07) is 3.17. The molecule has 1 atom stereocenters. The predicted molar refractivity (Wildman–Crippen MR) is 83.5 cm³/mol. The fourth-order valence-electron chi connectivity index (χ4n) is 3.56. The number of aromatic nitrogens is 1. The number of carbonyl (C=O) groups excluding carboxylic acids is 1. The van der Waals surface area contributed by atoms with Gasteiger partial charge in [-0.3, -0.25) is 4.79 Å². The van der Waals surface area contributed by atoms with Crippen LogP contribution in [0.25, 0.3) is 0 Å². The van der Waals surface area contributed by atoms with Crippen molar-refractivity contribution in [2.75, 3.05) is 44.8 Å². The van der Waals surface area contributed by atoms with Gasteiger partial charge >= 0.3 is 5.97 Å². The normalized spacial score (nSPS) is 24.0. The Kier molecular flexibility index (Phi) is 4.21. The second-order valence-corrected chi connectivity index (χ2v) is 6.17. The first kappa shape index (κ1) is 15.7. The molecule has 7 nitrogen and oxygen atoms in total. The second-order valence-electron chi connectivity index (χ2n) is 6.17. The Bertz CT molecular complexity index is 621. The molecule has 0 radical (unpaired) electrons. The Morgan fingerprint density at radius 3 is 2.96 bits per heavy atom. The summed E-state index contributed by atoms with van der Waals surface area (Å²) in [6.45, 7) is 3.08. The number of ether oxygens (including phenoxy) is 1. The zero-order valence-electron chi connectivity index (χ0n) is 13.2. The molecule has 1 unspecified atom stereocenters. The van der Waals surface area contributed by atoms with Crippen molar-refractivity contribution in [3.8, 4) is 0 Å². The van der Waals surface area contributed by atoms with Gasteiger partial charge in [0.15, 0.2) is 0 Å². The van der Waals surface area contributed by atoms with Gasteiger partial charge < -0.3 is 19.6 Å². The van der Waals surface area contributed by atoms with E-state index in [1.165, 1.54) is 0 Å². The fourth-order valence-corrected chi connectivity index (χ4v) is 3.56. The number of hydrogen-bond acceptors (Lipinski definition) is 5. The number of methoxy groups -OCH3 is 1. The number of aromatic carboxylic acids is 1. The molecule has 0 bridgehead atoms. The van der Waals surface area contributed by atoms with Gasteiger partial charge in [0, 0.05) is 39.5 Å². The monoisotopic (exact) mass is 319 g/mol. The first-order valence-electron chi connectivity index (χ1n) is 7.79. The lowest BCUT2D eigenvalue weighted by atomic mass is 9.85. The highest BCUT2D eigenvalue weighted by atomic mass is 16.5. The van der Waals surface area contributed by atoms with Crippen LogP contribution in [0.15, 0.2) is 18.3 Å². The highest BCUT2D eigenvalue weighted by Crippen LogP contribution is 2.42. The average Bonchev–Trinajstić information content (AvgIpc) is 3.12. The molecule has 1 spiro atoms. The van der Waals surface area contributed by atoms with Gasteiger partial charge in [-0.1, -0.05) is 0 Å². The van der Waals surface area contributed by atoms with E-state index < -0.39 is 11.4 Å². The van der Waals surface area contributed by atoms with Crippen LogP contribution in [0.2, 0.25) is 0 Å². The maximum atomic E-state index is 12.7. The molecule has 23 heavy (non-hydrogen) atoms. The number of likely N-dealkylation sites (tertiary alicyclic amines) is 1. The van der Waals surface area contributed by atoms with Crippen molar-refractivity contribution in [2.24, 2.45) is 5.41 Å². The van der Waals surface area contributed by atoms with Gasteiger partial charge in [0.1, 0.15) is 11.4 Å². The van der Waals surface area contributed by atoms with Crippen LogP contribution >= 0.6 is 0 Å². The lowest BCUT2D eigenvalue weighted by molar-refractivity contribution is -0.135. The SMILES string of the molecule is COCCN1CCC2(CCN(c3ncccc3C(=O)O)C2)C1=O. The fraction of sp³-hybridized carbons (Fsp3) is 0.562. The number of hydrogen-bond donors (Lipinski definition) is 1. The van der Waals surface area contributed by atoms with E-state index in [0.717, 1.165) is 19.4 Å². The van der Waals surface area contributed by atoms with E-state index in [1.807, 2.05) is 9.80 Å². The molecule has 1 amide bonds. The summed E-state index contributed by atoms with van der Waals surface area (Å²) in [4.78, 5) is 32.1. The van der Waals surface area contributed by atoms with Crippen molar-refractivity contribution in [3.05, 3.63) is 23.9 Å². The molecular formula is C16H21N3O4. The third-order valence-corrected chi connectivity index (χ3v) is 4.84. The smallest absolute Gasteiger partial charge is 0.339 e. The average molecular weight is 319 g/mol. The van der Waals surface area contributed by atoms with Crippen LogP contribution in [-0.4, -0.2) is 66.8 Å². The summed E-state index contributed by atoms with van der Waals surface area (Å²) in [5.74, 6) is -0.376. The minimum atomic E-state index is -0.992. The molecule has 0 aromatic carbocycles. The van der Waals surface area contributed by atoms with E-state index in [-0.39, 0.29) is 11.5 Å². The number of carboxylic acids is 1. The van der Waals surface area contributed by atoms with Gasteiger partial charge in [-0.25, -0.2) is 9.78 Å². The zero-order valence-corrected chi connectivity index (χ0v) is 13.2. The Morgan fingerprint density at radius 2 is 2.22 bits per heavy atom. The molecule has 7 heteroatoms.